The number of anilines is 1. The zero-order valence-electron chi connectivity index (χ0n) is 14.3. The van der Waals surface area contributed by atoms with Crippen LogP contribution in [0.15, 0.2) is 0 Å². The molecule has 2 heterocycles. The van der Waals surface area contributed by atoms with Crippen molar-refractivity contribution in [3.8, 4) is 0 Å². The van der Waals surface area contributed by atoms with E-state index >= 15 is 0 Å². The lowest BCUT2D eigenvalue weighted by molar-refractivity contribution is -0.0752. The number of morpholine rings is 1. The van der Waals surface area contributed by atoms with Crippen molar-refractivity contribution in [2.75, 3.05) is 24.2 Å². The van der Waals surface area contributed by atoms with Gasteiger partial charge in [-0.2, -0.15) is 0 Å². The van der Waals surface area contributed by atoms with Crippen LogP contribution in [0, 0.1) is 0 Å². The Morgan fingerprint density at radius 2 is 2.04 bits per heavy atom. The lowest BCUT2D eigenvalue weighted by atomic mass is 10.0. The van der Waals surface area contributed by atoms with Gasteiger partial charge < -0.3 is 9.64 Å². The van der Waals surface area contributed by atoms with E-state index in [-0.39, 0.29) is 23.3 Å². The van der Waals surface area contributed by atoms with E-state index in [1.54, 1.807) is 0 Å². The molecule has 23 heavy (non-hydrogen) atoms. The van der Waals surface area contributed by atoms with Gasteiger partial charge in [0.25, 0.3) is 0 Å². The fraction of sp³-hybridized carbons (Fsp3) is 0.733. The van der Waals surface area contributed by atoms with Crippen LogP contribution in [-0.4, -0.2) is 49.4 Å². The van der Waals surface area contributed by atoms with E-state index in [1.807, 2.05) is 27.7 Å². The molecule has 0 radical (unpaired) electrons. The molecule has 1 fully saturated rings. The minimum absolute atomic E-state index is 0.0514. The predicted molar refractivity (Wildman–Crippen MR) is 91.8 cm³/mol. The SMILES string of the molecule is CCc1c(Cl)nc(CS(C)(=O)=O)nc1N1C[C@H](C)OC(C)(C)C1. The van der Waals surface area contributed by atoms with Crippen LogP contribution in [-0.2, 0) is 26.7 Å². The van der Waals surface area contributed by atoms with Gasteiger partial charge >= 0.3 is 0 Å². The maximum Gasteiger partial charge on any atom is 0.154 e. The van der Waals surface area contributed by atoms with Crippen molar-refractivity contribution in [2.24, 2.45) is 0 Å². The average Bonchev–Trinajstić information content (AvgIpc) is 2.33. The van der Waals surface area contributed by atoms with Gasteiger partial charge in [-0.15, -0.1) is 0 Å². The van der Waals surface area contributed by atoms with Crippen LogP contribution in [0.25, 0.3) is 0 Å². The summed E-state index contributed by atoms with van der Waals surface area (Å²) in [5.74, 6) is 0.739. The maximum absolute atomic E-state index is 11.6. The van der Waals surface area contributed by atoms with Gasteiger partial charge in [0, 0.05) is 24.9 Å². The average molecular weight is 362 g/mol. The predicted octanol–water partition coefficient (Wildman–Crippen LogP) is 2.24. The van der Waals surface area contributed by atoms with Gasteiger partial charge in [-0.05, 0) is 27.2 Å². The third-order valence-electron chi connectivity index (χ3n) is 3.59. The Morgan fingerprint density at radius 3 is 2.57 bits per heavy atom. The Hall–Kier alpha value is -0.920. The Morgan fingerprint density at radius 1 is 1.39 bits per heavy atom. The van der Waals surface area contributed by atoms with Crippen LogP contribution in [0.5, 0.6) is 0 Å². The first-order chi connectivity index (χ1) is 10.5. The lowest BCUT2D eigenvalue weighted by Gasteiger charge is -2.42. The highest BCUT2D eigenvalue weighted by Crippen LogP contribution is 2.30. The number of hydrogen-bond acceptors (Lipinski definition) is 6. The molecule has 0 spiro atoms. The second-order valence-electron chi connectivity index (χ2n) is 6.73. The molecular formula is C15H24ClN3O3S. The van der Waals surface area contributed by atoms with E-state index in [2.05, 4.69) is 14.9 Å². The third kappa shape index (κ3) is 4.78. The van der Waals surface area contributed by atoms with E-state index in [0.29, 0.717) is 24.7 Å². The first-order valence-corrected chi connectivity index (χ1v) is 10.1. The van der Waals surface area contributed by atoms with Gasteiger partial charge in [0.05, 0.1) is 11.7 Å². The van der Waals surface area contributed by atoms with Crippen molar-refractivity contribution in [1.29, 1.82) is 0 Å². The van der Waals surface area contributed by atoms with Gasteiger partial charge in [0.1, 0.15) is 22.5 Å². The fourth-order valence-electron chi connectivity index (χ4n) is 2.97. The lowest BCUT2D eigenvalue weighted by Crippen LogP contribution is -2.52. The first-order valence-electron chi connectivity index (χ1n) is 7.66. The van der Waals surface area contributed by atoms with Crippen LogP contribution in [0.3, 0.4) is 0 Å². The molecule has 0 aromatic carbocycles. The molecule has 0 bridgehead atoms. The van der Waals surface area contributed by atoms with Crippen molar-refractivity contribution < 1.29 is 13.2 Å². The molecule has 1 saturated heterocycles. The molecule has 8 heteroatoms. The number of nitrogens with zero attached hydrogens (tertiary/aromatic N) is 3. The van der Waals surface area contributed by atoms with Crippen molar-refractivity contribution in [3.63, 3.8) is 0 Å². The monoisotopic (exact) mass is 361 g/mol. The van der Waals surface area contributed by atoms with Crippen molar-refractivity contribution in [1.82, 2.24) is 9.97 Å². The summed E-state index contributed by atoms with van der Waals surface area (Å²) in [6, 6.07) is 0. The van der Waals surface area contributed by atoms with E-state index in [0.717, 1.165) is 17.6 Å². The van der Waals surface area contributed by atoms with Crippen molar-refractivity contribution >= 4 is 27.3 Å². The number of rotatable bonds is 4. The van der Waals surface area contributed by atoms with Crippen LogP contribution in [0.2, 0.25) is 5.15 Å². The van der Waals surface area contributed by atoms with Crippen molar-refractivity contribution in [2.45, 2.75) is 51.6 Å². The van der Waals surface area contributed by atoms with E-state index in [4.69, 9.17) is 16.3 Å². The van der Waals surface area contributed by atoms with Crippen LogP contribution < -0.4 is 4.90 Å². The maximum atomic E-state index is 11.6. The molecule has 0 amide bonds. The smallest absolute Gasteiger partial charge is 0.154 e. The number of sulfone groups is 1. The fourth-order valence-corrected chi connectivity index (χ4v) is 3.88. The molecule has 1 aliphatic heterocycles. The molecule has 1 aliphatic rings. The highest BCUT2D eigenvalue weighted by Gasteiger charge is 2.33. The molecule has 1 aromatic rings. The van der Waals surface area contributed by atoms with Crippen LogP contribution >= 0.6 is 11.6 Å². The molecule has 0 aliphatic carbocycles. The topological polar surface area (TPSA) is 72.4 Å². The zero-order valence-corrected chi connectivity index (χ0v) is 15.8. The van der Waals surface area contributed by atoms with E-state index in [9.17, 15) is 8.42 Å². The Balaban J connectivity index is 2.46. The molecule has 0 saturated carbocycles. The van der Waals surface area contributed by atoms with Crippen LogP contribution in [0.1, 0.15) is 39.1 Å². The van der Waals surface area contributed by atoms with E-state index in [1.165, 1.54) is 0 Å². The minimum Gasteiger partial charge on any atom is -0.369 e. The van der Waals surface area contributed by atoms with Gasteiger partial charge in [-0.3, -0.25) is 0 Å². The zero-order chi connectivity index (χ0) is 17.4. The van der Waals surface area contributed by atoms with Crippen LogP contribution in [0.4, 0.5) is 5.82 Å². The van der Waals surface area contributed by atoms with Gasteiger partial charge in [0.15, 0.2) is 9.84 Å². The molecule has 130 valence electrons. The highest BCUT2D eigenvalue weighted by molar-refractivity contribution is 7.89. The summed E-state index contributed by atoms with van der Waals surface area (Å²) in [5.41, 5.74) is 0.533. The van der Waals surface area contributed by atoms with E-state index < -0.39 is 9.84 Å². The van der Waals surface area contributed by atoms with Gasteiger partial charge in [0.2, 0.25) is 0 Å². The standard InChI is InChI=1S/C15H24ClN3O3S/c1-6-11-13(16)17-12(8-23(5,20)21)18-14(11)19-7-10(2)22-15(3,4)9-19/h10H,6-9H2,1-5H3/t10-/m0/s1. The summed E-state index contributed by atoms with van der Waals surface area (Å²) in [5, 5.41) is 0.327. The molecule has 1 atom stereocenters. The number of ether oxygens (including phenoxy) is 1. The highest BCUT2D eigenvalue weighted by atomic mass is 35.5. The molecule has 0 N–H and O–H groups in total. The minimum atomic E-state index is -3.22. The Labute approximate surface area is 143 Å². The summed E-state index contributed by atoms with van der Waals surface area (Å²) in [7, 11) is -3.22. The normalized spacial score (nSPS) is 21.5. The number of hydrogen-bond donors (Lipinski definition) is 0. The molecule has 6 nitrogen and oxygen atoms in total. The van der Waals surface area contributed by atoms with Gasteiger partial charge in [-0.1, -0.05) is 18.5 Å². The summed E-state index contributed by atoms with van der Waals surface area (Å²) in [6.45, 7) is 9.40. The quantitative estimate of drug-likeness (QED) is 0.766. The molecular weight excluding hydrogens is 338 g/mol. The second-order valence-corrected chi connectivity index (χ2v) is 9.22. The third-order valence-corrected chi connectivity index (χ3v) is 4.69. The Bertz CT molecular complexity index is 691. The summed E-state index contributed by atoms with van der Waals surface area (Å²) < 4.78 is 29.0. The summed E-state index contributed by atoms with van der Waals surface area (Å²) >= 11 is 6.29. The second kappa shape index (κ2) is 6.53. The summed E-state index contributed by atoms with van der Waals surface area (Å²) in [6.07, 6.45) is 1.90. The molecule has 2 rings (SSSR count). The van der Waals surface area contributed by atoms with Crippen molar-refractivity contribution in [3.05, 3.63) is 16.5 Å². The number of halogens is 1. The largest absolute Gasteiger partial charge is 0.369 e. The molecule has 1 aromatic heterocycles. The van der Waals surface area contributed by atoms with Gasteiger partial charge in [-0.25, -0.2) is 18.4 Å². The molecule has 0 unspecified atom stereocenters. The Kier molecular flexibility index (Phi) is 5.23. The first kappa shape index (κ1) is 18.4. The summed E-state index contributed by atoms with van der Waals surface area (Å²) in [4.78, 5) is 10.8. The number of aromatic nitrogens is 2.